The third-order valence-corrected chi connectivity index (χ3v) is 4.54. The molecule has 1 fully saturated rings. The van der Waals surface area contributed by atoms with E-state index in [4.69, 9.17) is 19.9 Å². The van der Waals surface area contributed by atoms with Crippen LogP contribution in [0, 0.1) is 0 Å². The van der Waals surface area contributed by atoms with Gasteiger partial charge in [-0.15, -0.1) is 12.4 Å². The van der Waals surface area contributed by atoms with Crippen LogP contribution in [0.2, 0.25) is 0 Å². The summed E-state index contributed by atoms with van der Waals surface area (Å²) in [6, 6.07) is 15.2. The first kappa shape index (κ1) is 22.2. The predicted molar refractivity (Wildman–Crippen MR) is 111 cm³/mol. The number of hydrogen-bond donors (Lipinski definition) is 2. The van der Waals surface area contributed by atoms with Gasteiger partial charge in [-0.25, -0.2) is 0 Å². The molecule has 1 aliphatic rings. The molecule has 6 nitrogen and oxygen atoms in total. The summed E-state index contributed by atoms with van der Waals surface area (Å²) in [6.07, 6.45) is 1.96. The van der Waals surface area contributed by atoms with E-state index in [0.29, 0.717) is 31.0 Å². The highest BCUT2D eigenvalue weighted by Gasteiger charge is 2.29. The summed E-state index contributed by atoms with van der Waals surface area (Å²) in [5.41, 5.74) is 7.49. The second kappa shape index (κ2) is 11.0. The van der Waals surface area contributed by atoms with Gasteiger partial charge in [-0.2, -0.15) is 0 Å². The number of rotatable bonds is 8. The number of carbonyl (C=O) groups excluding carboxylic acids is 1. The smallest absolute Gasteiger partial charge is 0.253 e. The lowest BCUT2D eigenvalue weighted by Gasteiger charge is -2.13. The summed E-state index contributed by atoms with van der Waals surface area (Å²) in [6.45, 7) is 1.15. The summed E-state index contributed by atoms with van der Waals surface area (Å²) in [4.78, 5) is 12.2. The van der Waals surface area contributed by atoms with E-state index in [1.807, 2.05) is 48.5 Å². The van der Waals surface area contributed by atoms with Gasteiger partial charge < -0.3 is 25.3 Å². The molecule has 28 heavy (non-hydrogen) atoms. The van der Waals surface area contributed by atoms with Crippen LogP contribution in [0.4, 0.5) is 5.69 Å². The third-order valence-electron chi connectivity index (χ3n) is 4.54. The zero-order chi connectivity index (χ0) is 19.1. The number of halogens is 1. The Hall–Kier alpha value is -2.12. The molecule has 1 amide bonds. The van der Waals surface area contributed by atoms with Gasteiger partial charge in [0, 0.05) is 19.3 Å². The van der Waals surface area contributed by atoms with Gasteiger partial charge in [0.15, 0.2) is 0 Å². The van der Waals surface area contributed by atoms with Crippen LogP contribution in [0.5, 0.6) is 11.5 Å². The number of anilines is 1. The van der Waals surface area contributed by atoms with E-state index >= 15 is 0 Å². The fraction of sp³-hybridized carbons (Fsp3) is 0.381. The van der Waals surface area contributed by atoms with E-state index in [2.05, 4.69) is 5.32 Å². The molecule has 1 saturated heterocycles. The van der Waals surface area contributed by atoms with Gasteiger partial charge in [0.2, 0.25) is 0 Å². The maximum atomic E-state index is 12.2. The first-order chi connectivity index (χ1) is 13.2. The molecule has 0 radical (unpaired) electrons. The van der Waals surface area contributed by atoms with Crippen molar-refractivity contribution in [1.29, 1.82) is 0 Å². The van der Waals surface area contributed by atoms with Gasteiger partial charge in [0.1, 0.15) is 17.6 Å². The maximum absolute atomic E-state index is 12.2. The average molecular weight is 407 g/mol. The number of amides is 1. The number of carbonyl (C=O) groups is 1. The van der Waals surface area contributed by atoms with Crippen molar-refractivity contribution in [2.75, 3.05) is 25.6 Å². The molecule has 2 atom stereocenters. The minimum absolute atomic E-state index is 0. The molecule has 0 bridgehead atoms. The van der Waals surface area contributed by atoms with Crippen molar-refractivity contribution >= 4 is 24.0 Å². The number of methoxy groups -OCH3 is 1. The van der Waals surface area contributed by atoms with Gasteiger partial charge >= 0.3 is 0 Å². The fourth-order valence-corrected chi connectivity index (χ4v) is 2.98. The van der Waals surface area contributed by atoms with Crippen LogP contribution in [0.25, 0.3) is 0 Å². The van der Waals surface area contributed by atoms with Gasteiger partial charge in [0.05, 0.1) is 12.7 Å². The van der Waals surface area contributed by atoms with Crippen molar-refractivity contribution in [3.8, 4) is 11.5 Å². The molecular formula is C21H27ClN2O4. The van der Waals surface area contributed by atoms with Crippen molar-refractivity contribution in [3.05, 3.63) is 54.1 Å². The van der Waals surface area contributed by atoms with Gasteiger partial charge in [-0.1, -0.05) is 12.1 Å². The molecule has 0 unspecified atom stereocenters. The SMILES string of the molecule is COCCc1ccc(Oc2ccc(NC(=O)[C@@H]3CC[C@H](CN)O3)cc2)cc1.Cl. The number of nitrogens with one attached hydrogen (secondary N) is 1. The molecular weight excluding hydrogens is 380 g/mol. The Morgan fingerprint density at radius 1 is 1.11 bits per heavy atom. The molecule has 152 valence electrons. The van der Waals surface area contributed by atoms with E-state index in [0.717, 1.165) is 18.6 Å². The molecule has 3 rings (SSSR count). The lowest BCUT2D eigenvalue weighted by molar-refractivity contribution is -0.126. The standard InChI is InChI=1S/C21H26N2O4.ClH/c1-25-13-12-15-2-6-17(7-3-15)26-18-8-4-16(5-9-18)23-21(24)20-11-10-19(14-22)27-20;/h2-9,19-20H,10-14,22H2,1H3,(H,23,24);1H/t19-,20+;/m1./s1. The first-order valence-electron chi connectivity index (χ1n) is 9.20. The predicted octanol–water partition coefficient (Wildman–Crippen LogP) is 3.53. The number of hydrogen-bond acceptors (Lipinski definition) is 5. The van der Waals surface area contributed by atoms with Crippen molar-refractivity contribution in [2.45, 2.75) is 31.5 Å². The van der Waals surface area contributed by atoms with Crippen LogP contribution in [0.3, 0.4) is 0 Å². The van der Waals surface area contributed by atoms with Crippen molar-refractivity contribution in [2.24, 2.45) is 5.73 Å². The zero-order valence-electron chi connectivity index (χ0n) is 15.9. The minimum atomic E-state index is -0.425. The molecule has 1 heterocycles. The Bertz CT molecular complexity index is 737. The van der Waals surface area contributed by atoms with Crippen LogP contribution in [-0.2, 0) is 20.7 Å². The Labute approximate surface area is 171 Å². The molecule has 3 N–H and O–H groups in total. The topological polar surface area (TPSA) is 82.8 Å². The summed E-state index contributed by atoms with van der Waals surface area (Å²) in [7, 11) is 1.70. The maximum Gasteiger partial charge on any atom is 0.253 e. The van der Waals surface area contributed by atoms with Crippen molar-refractivity contribution in [3.63, 3.8) is 0 Å². The van der Waals surface area contributed by atoms with E-state index < -0.39 is 6.10 Å². The molecule has 0 spiro atoms. The van der Waals surface area contributed by atoms with Crippen LogP contribution >= 0.6 is 12.4 Å². The Kier molecular flexibility index (Phi) is 8.73. The molecule has 2 aromatic rings. The summed E-state index contributed by atoms with van der Waals surface area (Å²) in [5.74, 6) is 1.34. The largest absolute Gasteiger partial charge is 0.457 e. The lowest BCUT2D eigenvalue weighted by Crippen LogP contribution is -2.29. The third kappa shape index (κ3) is 6.21. The van der Waals surface area contributed by atoms with E-state index in [1.165, 1.54) is 5.56 Å². The highest BCUT2D eigenvalue weighted by Crippen LogP contribution is 2.25. The van der Waals surface area contributed by atoms with Gasteiger partial charge in [0.25, 0.3) is 5.91 Å². The highest BCUT2D eigenvalue weighted by atomic mass is 35.5. The molecule has 7 heteroatoms. The number of ether oxygens (including phenoxy) is 3. The van der Waals surface area contributed by atoms with Gasteiger partial charge in [-0.05, 0) is 61.2 Å². The lowest BCUT2D eigenvalue weighted by atomic mass is 10.1. The van der Waals surface area contributed by atoms with Gasteiger partial charge in [-0.3, -0.25) is 4.79 Å². The minimum Gasteiger partial charge on any atom is -0.457 e. The Balaban J connectivity index is 0.00000280. The Morgan fingerprint density at radius 3 is 2.32 bits per heavy atom. The summed E-state index contributed by atoms with van der Waals surface area (Å²) >= 11 is 0. The molecule has 1 aliphatic heterocycles. The highest BCUT2D eigenvalue weighted by molar-refractivity contribution is 5.94. The average Bonchev–Trinajstić information content (AvgIpc) is 3.18. The second-order valence-electron chi connectivity index (χ2n) is 6.56. The van der Waals surface area contributed by atoms with Crippen LogP contribution in [0.15, 0.2) is 48.5 Å². The quantitative estimate of drug-likeness (QED) is 0.700. The Morgan fingerprint density at radius 2 is 1.75 bits per heavy atom. The summed E-state index contributed by atoms with van der Waals surface area (Å²) < 4.78 is 16.5. The van der Waals surface area contributed by atoms with Crippen molar-refractivity contribution in [1.82, 2.24) is 0 Å². The molecule has 2 aromatic carbocycles. The zero-order valence-corrected chi connectivity index (χ0v) is 16.7. The van der Waals surface area contributed by atoms with E-state index in [1.54, 1.807) is 7.11 Å². The van der Waals surface area contributed by atoms with Crippen LogP contribution in [-0.4, -0.2) is 38.4 Å². The molecule has 0 aliphatic carbocycles. The van der Waals surface area contributed by atoms with E-state index in [-0.39, 0.29) is 24.4 Å². The normalized spacial score (nSPS) is 18.4. The van der Waals surface area contributed by atoms with Crippen LogP contribution in [0.1, 0.15) is 18.4 Å². The first-order valence-corrected chi connectivity index (χ1v) is 9.20. The van der Waals surface area contributed by atoms with Crippen LogP contribution < -0.4 is 15.8 Å². The monoisotopic (exact) mass is 406 g/mol. The molecule has 0 saturated carbocycles. The van der Waals surface area contributed by atoms with Crippen molar-refractivity contribution < 1.29 is 19.0 Å². The van der Waals surface area contributed by atoms with E-state index in [9.17, 15) is 4.79 Å². The second-order valence-corrected chi connectivity index (χ2v) is 6.56. The number of nitrogens with two attached hydrogens (primary N) is 1. The number of benzene rings is 2. The summed E-state index contributed by atoms with van der Waals surface area (Å²) in [5, 5.41) is 2.87. The molecule has 0 aromatic heterocycles. The fourth-order valence-electron chi connectivity index (χ4n) is 2.98.